The van der Waals surface area contributed by atoms with Gasteiger partial charge in [-0.2, -0.15) is 11.8 Å². The lowest BCUT2D eigenvalue weighted by Gasteiger charge is -2.27. The van der Waals surface area contributed by atoms with Gasteiger partial charge in [0.2, 0.25) is 0 Å². The molecular weight excluding hydrogens is 266 g/mol. The van der Waals surface area contributed by atoms with Crippen LogP contribution in [0.2, 0.25) is 0 Å². The van der Waals surface area contributed by atoms with Gasteiger partial charge in [-0.15, -0.1) is 0 Å². The van der Waals surface area contributed by atoms with Crippen LogP contribution in [0.5, 0.6) is 0 Å². The van der Waals surface area contributed by atoms with Gasteiger partial charge in [0, 0.05) is 12.3 Å². The monoisotopic (exact) mass is 287 g/mol. The quantitative estimate of drug-likeness (QED) is 0.769. The summed E-state index contributed by atoms with van der Waals surface area (Å²) in [5.41, 5.74) is 7.08. The number of hydrogen-bond donors (Lipinski definition) is 2. The van der Waals surface area contributed by atoms with Gasteiger partial charge in [-0.3, -0.25) is 0 Å². The lowest BCUT2D eigenvalue weighted by Crippen LogP contribution is -2.35. The Morgan fingerprint density at radius 1 is 0.950 bits per heavy atom. The molecule has 0 bridgehead atoms. The van der Waals surface area contributed by atoms with Crippen molar-refractivity contribution in [2.24, 2.45) is 5.73 Å². The van der Waals surface area contributed by atoms with Crippen LogP contribution in [0, 0.1) is 0 Å². The van der Waals surface area contributed by atoms with Crippen LogP contribution in [0.15, 0.2) is 60.7 Å². The second kappa shape index (κ2) is 7.48. The van der Waals surface area contributed by atoms with Gasteiger partial charge >= 0.3 is 0 Å². The molecule has 0 saturated heterocycles. The third-order valence-electron chi connectivity index (χ3n) is 3.42. The van der Waals surface area contributed by atoms with Gasteiger partial charge in [-0.25, -0.2) is 0 Å². The summed E-state index contributed by atoms with van der Waals surface area (Å²) in [5, 5.41) is 10.7. The minimum atomic E-state index is -0.912. The highest BCUT2D eigenvalue weighted by atomic mass is 32.2. The van der Waals surface area contributed by atoms with Crippen LogP contribution in [0.3, 0.4) is 0 Å². The predicted molar refractivity (Wildman–Crippen MR) is 86.6 cm³/mol. The number of thioether (sulfide) groups is 1. The van der Waals surface area contributed by atoms with Gasteiger partial charge in [0.15, 0.2) is 0 Å². The maximum atomic E-state index is 10.7. The van der Waals surface area contributed by atoms with Crippen molar-refractivity contribution in [2.75, 3.05) is 12.3 Å². The summed E-state index contributed by atoms with van der Waals surface area (Å²) in [7, 11) is 0. The molecule has 0 saturated carbocycles. The molecule has 3 heteroatoms. The highest BCUT2D eigenvalue weighted by Crippen LogP contribution is 2.26. The van der Waals surface area contributed by atoms with Crippen molar-refractivity contribution in [3.8, 4) is 0 Å². The van der Waals surface area contributed by atoms with E-state index < -0.39 is 5.60 Å². The van der Waals surface area contributed by atoms with Crippen LogP contribution in [0.25, 0.3) is 0 Å². The van der Waals surface area contributed by atoms with E-state index in [9.17, 15) is 5.11 Å². The molecule has 2 nitrogen and oxygen atoms in total. The molecule has 0 aromatic heterocycles. The molecule has 0 radical (unpaired) electrons. The molecule has 3 N–H and O–H groups in total. The lowest BCUT2D eigenvalue weighted by atomic mass is 9.91. The molecule has 0 heterocycles. The number of aliphatic hydroxyl groups is 1. The third kappa shape index (κ3) is 4.10. The zero-order valence-corrected chi connectivity index (χ0v) is 12.4. The molecule has 20 heavy (non-hydrogen) atoms. The maximum Gasteiger partial charge on any atom is 0.103 e. The highest BCUT2D eigenvalue weighted by Gasteiger charge is 2.26. The fourth-order valence-electron chi connectivity index (χ4n) is 2.12. The summed E-state index contributed by atoms with van der Waals surface area (Å²) in [4.78, 5) is 0. The van der Waals surface area contributed by atoms with Gasteiger partial charge in [-0.1, -0.05) is 60.7 Å². The Morgan fingerprint density at radius 3 is 2.15 bits per heavy atom. The van der Waals surface area contributed by atoms with Crippen LogP contribution in [-0.2, 0) is 11.4 Å². The molecule has 2 aromatic carbocycles. The average molecular weight is 287 g/mol. The molecule has 0 amide bonds. The smallest absolute Gasteiger partial charge is 0.103 e. The maximum absolute atomic E-state index is 10.7. The van der Waals surface area contributed by atoms with Crippen LogP contribution >= 0.6 is 11.8 Å². The fourth-order valence-corrected chi connectivity index (χ4v) is 3.17. The highest BCUT2D eigenvalue weighted by molar-refractivity contribution is 7.98. The Hall–Kier alpha value is -1.29. The van der Waals surface area contributed by atoms with Crippen molar-refractivity contribution in [1.82, 2.24) is 0 Å². The van der Waals surface area contributed by atoms with E-state index in [2.05, 4.69) is 24.3 Å². The predicted octanol–water partition coefficient (Wildman–Crippen LogP) is 3.16. The van der Waals surface area contributed by atoms with Crippen molar-refractivity contribution in [2.45, 2.75) is 17.8 Å². The Morgan fingerprint density at radius 2 is 1.55 bits per heavy atom. The number of hydrogen-bond acceptors (Lipinski definition) is 3. The topological polar surface area (TPSA) is 46.2 Å². The first-order valence-electron chi connectivity index (χ1n) is 6.84. The first-order valence-corrected chi connectivity index (χ1v) is 8.00. The van der Waals surface area contributed by atoms with Crippen molar-refractivity contribution in [3.05, 3.63) is 71.8 Å². The van der Waals surface area contributed by atoms with E-state index in [1.165, 1.54) is 5.56 Å². The lowest BCUT2D eigenvalue weighted by molar-refractivity contribution is 0.0431. The summed E-state index contributed by atoms with van der Waals surface area (Å²) < 4.78 is 0. The van der Waals surface area contributed by atoms with Crippen LogP contribution < -0.4 is 5.73 Å². The molecule has 2 rings (SSSR count). The summed E-state index contributed by atoms with van der Waals surface area (Å²) in [6.07, 6.45) is 0.672. The van der Waals surface area contributed by atoms with Gasteiger partial charge in [0.25, 0.3) is 0 Å². The average Bonchev–Trinajstić information content (AvgIpc) is 2.53. The van der Waals surface area contributed by atoms with Gasteiger partial charge < -0.3 is 10.8 Å². The fraction of sp³-hybridized carbons (Fsp3) is 0.294. The molecule has 1 atom stereocenters. The largest absolute Gasteiger partial charge is 0.384 e. The van der Waals surface area contributed by atoms with E-state index in [4.69, 9.17) is 5.73 Å². The number of nitrogens with two attached hydrogens (primary N) is 1. The molecule has 0 aliphatic carbocycles. The van der Waals surface area contributed by atoms with E-state index >= 15 is 0 Å². The molecule has 1 unspecified atom stereocenters. The van der Waals surface area contributed by atoms with E-state index in [1.807, 2.05) is 48.2 Å². The SMILES string of the molecule is NCC(O)(CCSCc1ccccc1)c1ccccc1. The van der Waals surface area contributed by atoms with Gasteiger partial charge in [0.1, 0.15) is 5.60 Å². The van der Waals surface area contributed by atoms with Crippen LogP contribution in [0.4, 0.5) is 0 Å². The summed E-state index contributed by atoms with van der Waals surface area (Å²) in [5.74, 6) is 1.85. The van der Waals surface area contributed by atoms with Crippen LogP contribution in [-0.4, -0.2) is 17.4 Å². The first-order chi connectivity index (χ1) is 9.74. The summed E-state index contributed by atoms with van der Waals surface area (Å²) in [6, 6.07) is 20.1. The second-order valence-electron chi connectivity index (χ2n) is 4.89. The number of rotatable bonds is 7. The molecule has 2 aromatic rings. The first kappa shape index (κ1) is 15.1. The van der Waals surface area contributed by atoms with E-state index in [0.29, 0.717) is 6.42 Å². The van der Waals surface area contributed by atoms with Crippen molar-refractivity contribution in [1.29, 1.82) is 0 Å². The van der Waals surface area contributed by atoms with Crippen LogP contribution in [0.1, 0.15) is 17.5 Å². The normalized spacial score (nSPS) is 13.9. The van der Waals surface area contributed by atoms with Crippen molar-refractivity contribution >= 4 is 11.8 Å². The van der Waals surface area contributed by atoms with Crippen molar-refractivity contribution in [3.63, 3.8) is 0 Å². The molecule has 0 aliphatic heterocycles. The Labute approximate surface area is 125 Å². The second-order valence-corrected chi connectivity index (χ2v) is 6.00. The van der Waals surface area contributed by atoms with Gasteiger partial charge in [0.05, 0.1) is 0 Å². The zero-order valence-electron chi connectivity index (χ0n) is 11.5. The van der Waals surface area contributed by atoms with E-state index in [0.717, 1.165) is 17.1 Å². The summed E-state index contributed by atoms with van der Waals surface area (Å²) in [6.45, 7) is 0.253. The minimum absolute atomic E-state index is 0.253. The Kier molecular flexibility index (Phi) is 5.65. The molecular formula is C17H21NOS. The standard InChI is InChI=1S/C17H21NOS/c18-14-17(19,16-9-5-2-6-10-16)11-12-20-13-15-7-3-1-4-8-15/h1-10,19H,11-14,18H2. The third-order valence-corrected chi connectivity index (χ3v) is 4.45. The number of benzene rings is 2. The Balaban J connectivity index is 1.85. The zero-order chi connectivity index (χ0) is 14.3. The van der Waals surface area contributed by atoms with Gasteiger partial charge in [-0.05, 0) is 23.3 Å². The molecule has 0 spiro atoms. The summed E-state index contributed by atoms with van der Waals surface area (Å²) >= 11 is 1.83. The van der Waals surface area contributed by atoms with E-state index in [1.54, 1.807) is 0 Å². The Bertz CT molecular complexity index is 503. The molecule has 0 fully saturated rings. The molecule has 106 valence electrons. The van der Waals surface area contributed by atoms with E-state index in [-0.39, 0.29) is 6.54 Å². The molecule has 0 aliphatic rings. The van der Waals surface area contributed by atoms with Crippen molar-refractivity contribution < 1.29 is 5.11 Å². The minimum Gasteiger partial charge on any atom is -0.384 e.